The summed E-state index contributed by atoms with van der Waals surface area (Å²) in [5, 5.41) is 9.33. The van der Waals surface area contributed by atoms with Crippen LogP contribution >= 0.6 is 0 Å². The van der Waals surface area contributed by atoms with E-state index in [0.29, 0.717) is 22.9 Å². The Hall–Kier alpha value is -3.03. The van der Waals surface area contributed by atoms with Gasteiger partial charge in [-0.05, 0) is 25.1 Å². The standard InChI is InChI=1S/C16H20N4O4/c1-10-7-12(20(2)19-10)16(22)17-9-15(21)18-11-5-6-13(23-3)14(8-11)24-4/h5-8H,9H2,1-4H3,(H,17,22)(H,18,21). The first-order chi connectivity index (χ1) is 11.4. The molecule has 1 aromatic heterocycles. The van der Waals surface area contributed by atoms with Crippen LogP contribution in [0, 0.1) is 6.92 Å². The molecule has 2 amide bonds. The Morgan fingerprint density at radius 2 is 1.88 bits per heavy atom. The monoisotopic (exact) mass is 332 g/mol. The van der Waals surface area contributed by atoms with E-state index in [2.05, 4.69) is 15.7 Å². The molecule has 2 N–H and O–H groups in total. The Bertz CT molecular complexity index is 755. The SMILES string of the molecule is COc1ccc(NC(=O)CNC(=O)c2cc(C)nn2C)cc1OC. The van der Waals surface area contributed by atoms with Crippen molar-refractivity contribution in [1.82, 2.24) is 15.1 Å². The van der Waals surface area contributed by atoms with Crippen molar-refractivity contribution < 1.29 is 19.1 Å². The molecule has 0 radical (unpaired) electrons. The van der Waals surface area contributed by atoms with Crippen LogP contribution < -0.4 is 20.1 Å². The molecule has 8 nitrogen and oxygen atoms in total. The molecule has 8 heteroatoms. The number of carbonyl (C=O) groups excluding carboxylic acids is 2. The molecule has 24 heavy (non-hydrogen) atoms. The molecule has 128 valence electrons. The molecule has 2 aromatic rings. The highest BCUT2D eigenvalue weighted by molar-refractivity contribution is 5.98. The number of anilines is 1. The van der Waals surface area contributed by atoms with Gasteiger partial charge in [-0.25, -0.2) is 0 Å². The number of aromatic nitrogens is 2. The highest BCUT2D eigenvalue weighted by Crippen LogP contribution is 2.29. The Morgan fingerprint density at radius 1 is 1.17 bits per heavy atom. The lowest BCUT2D eigenvalue weighted by atomic mass is 10.2. The van der Waals surface area contributed by atoms with Gasteiger partial charge in [0.05, 0.1) is 26.5 Å². The molecule has 0 atom stereocenters. The third kappa shape index (κ3) is 4.03. The Labute approximate surface area is 139 Å². The zero-order valence-corrected chi connectivity index (χ0v) is 14.0. The lowest BCUT2D eigenvalue weighted by Crippen LogP contribution is -2.33. The molecule has 0 aliphatic heterocycles. The number of methoxy groups -OCH3 is 2. The van der Waals surface area contributed by atoms with Crippen LogP contribution in [-0.4, -0.2) is 42.4 Å². The van der Waals surface area contributed by atoms with Crippen molar-refractivity contribution in [3.05, 3.63) is 35.7 Å². The first-order valence-corrected chi connectivity index (χ1v) is 7.25. The van der Waals surface area contributed by atoms with E-state index in [9.17, 15) is 9.59 Å². The fourth-order valence-electron chi connectivity index (χ4n) is 2.19. The van der Waals surface area contributed by atoms with E-state index < -0.39 is 0 Å². The highest BCUT2D eigenvalue weighted by Gasteiger charge is 2.13. The average Bonchev–Trinajstić information content (AvgIpc) is 2.91. The van der Waals surface area contributed by atoms with Gasteiger partial charge in [-0.3, -0.25) is 14.3 Å². The van der Waals surface area contributed by atoms with E-state index in [1.807, 2.05) is 0 Å². The van der Waals surface area contributed by atoms with Gasteiger partial charge < -0.3 is 20.1 Å². The van der Waals surface area contributed by atoms with Crippen LogP contribution in [0.3, 0.4) is 0 Å². The molecule has 0 aliphatic carbocycles. The summed E-state index contributed by atoms with van der Waals surface area (Å²) < 4.78 is 11.8. The number of hydrogen-bond donors (Lipinski definition) is 2. The third-order valence-electron chi connectivity index (χ3n) is 3.31. The van der Waals surface area contributed by atoms with Gasteiger partial charge in [0.25, 0.3) is 5.91 Å². The van der Waals surface area contributed by atoms with Gasteiger partial charge in [-0.15, -0.1) is 0 Å². The molecule has 0 saturated carbocycles. The summed E-state index contributed by atoms with van der Waals surface area (Å²) in [5.41, 5.74) is 1.67. The molecule has 2 rings (SSSR count). The maximum Gasteiger partial charge on any atom is 0.269 e. The maximum atomic E-state index is 12.0. The van der Waals surface area contributed by atoms with Crippen LogP contribution in [-0.2, 0) is 11.8 Å². The topological polar surface area (TPSA) is 94.5 Å². The molecule has 0 spiro atoms. The molecule has 1 aromatic carbocycles. The number of rotatable bonds is 6. The number of hydrogen-bond acceptors (Lipinski definition) is 5. The highest BCUT2D eigenvalue weighted by atomic mass is 16.5. The molecule has 0 bridgehead atoms. The number of ether oxygens (including phenoxy) is 2. The van der Waals surface area contributed by atoms with Crippen LogP contribution in [0.25, 0.3) is 0 Å². The summed E-state index contributed by atoms with van der Waals surface area (Å²) in [7, 11) is 4.72. The van der Waals surface area contributed by atoms with Gasteiger partial charge in [0.15, 0.2) is 11.5 Å². The molecule has 0 aliphatic rings. The maximum absolute atomic E-state index is 12.0. The van der Waals surface area contributed by atoms with E-state index in [1.54, 1.807) is 38.2 Å². The zero-order valence-electron chi connectivity index (χ0n) is 14.0. The predicted molar refractivity (Wildman–Crippen MR) is 88.5 cm³/mol. The summed E-state index contributed by atoms with van der Waals surface area (Å²) in [6, 6.07) is 6.67. The van der Waals surface area contributed by atoms with Crippen LogP contribution in [0.4, 0.5) is 5.69 Å². The number of carbonyl (C=O) groups is 2. The average molecular weight is 332 g/mol. The van der Waals surface area contributed by atoms with Gasteiger partial charge in [0.2, 0.25) is 5.91 Å². The van der Waals surface area contributed by atoms with Crippen LogP contribution in [0.2, 0.25) is 0 Å². The lowest BCUT2D eigenvalue weighted by molar-refractivity contribution is -0.115. The largest absolute Gasteiger partial charge is 0.493 e. The summed E-state index contributed by atoms with van der Waals surface area (Å²) in [5.74, 6) is 0.357. The second-order valence-corrected chi connectivity index (χ2v) is 5.10. The third-order valence-corrected chi connectivity index (χ3v) is 3.31. The number of amides is 2. The van der Waals surface area contributed by atoms with Crippen molar-refractivity contribution in [2.75, 3.05) is 26.1 Å². The fourth-order valence-corrected chi connectivity index (χ4v) is 2.19. The normalized spacial score (nSPS) is 10.2. The van der Waals surface area contributed by atoms with E-state index in [-0.39, 0.29) is 18.4 Å². The Morgan fingerprint density at radius 3 is 2.46 bits per heavy atom. The van der Waals surface area contributed by atoms with E-state index in [1.165, 1.54) is 18.9 Å². The smallest absolute Gasteiger partial charge is 0.269 e. The molecule has 1 heterocycles. The van der Waals surface area contributed by atoms with Crippen molar-refractivity contribution in [2.24, 2.45) is 7.05 Å². The zero-order chi connectivity index (χ0) is 17.7. The van der Waals surface area contributed by atoms with Gasteiger partial charge >= 0.3 is 0 Å². The quantitative estimate of drug-likeness (QED) is 0.826. The van der Waals surface area contributed by atoms with Crippen molar-refractivity contribution in [1.29, 1.82) is 0 Å². The second kappa shape index (κ2) is 7.49. The minimum Gasteiger partial charge on any atom is -0.493 e. The summed E-state index contributed by atoms with van der Waals surface area (Å²) in [6.07, 6.45) is 0. The van der Waals surface area contributed by atoms with Gasteiger partial charge in [0.1, 0.15) is 5.69 Å². The number of aryl methyl sites for hydroxylation is 2. The minimum atomic E-state index is -0.361. The number of nitrogens with one attached hydrogen (secondary N) is 2. The van der Waals surface area contributed by atoms with E-state index in [4.69, 9.17) is 9.47 Å². The van der Waals surface area contributed by atoms with Crippen molar-refractivity contribution in [3.63, 3.8) is 0 Å². The molecule has 0 saturated heterocycles. The number of benzene rings is 1. The van der Waals surface area contributed by atoms with E-state index in [0.717, 1.165) is 5.69 Å². The minimum absolute atomic E-state index is 0.155. The first-order valence-electron chi connectivity index (χ1n) is 7.25. The first kappa shape index (κ1) is 17.3. The molecule has 0 unspecified atom stereocenters. The summed E-state index contributed by atoms with van der Waals surface area (Å²) >= 11 is 0. The lowest BCUT2D eigenvalue weighted by Gasteiger charge is -2.11. The van der Waals surface area contributed by atoms with E-state index >= 15 is 0 Å². The van der Waals surface area contributed by atoms with Gasteiger partial charge in [-0.1, -0.05) is 0 Å². The van der Waals surface area contributed by atoms with Gasteiger partial charge in [0, 0.05) is 18.8 Å². The number of nitrogens with zero attached hydrogens (tertiary/aromatic N) is 2. The molecular weight excluding hydrogens is 312 g/mol. The fraction of sp³-hybridized carbons (Fsp3) is 0.312. The Balaban J connectivity index is 1.94. The Kier molecular flexibility index (Phi) is 5.41. The molecule has 0 fully saturated rings. The summed E-state index contributed by atoms with van der Waals surface area (Å²) in [6.45, 7) is 1.64. The van der Waals surface area contributed by atoms with Crippen LogP contribution in [0.15, 0.2) is 24.3 Å². The van der Waals surface area contributed by atoms with Crippen molar-refractivity contribution in [3.8, 4) is 11.5 Å². The van der Waals surface area contributed by atoms with Crippen molar-refractivity contribution in [2.45, 2.75) is 6.92 Å². The van der Waals surface area contributed by atoms with Crippen molar-refractivity contribution >= 4 is 17.5 Å². The van der Waals surface area contributed by atoms with Crippen LogP contribution in [0.5, 0.6) is 11.5 Å². The predicted octanol–water partition coefficient (Wildman–Crippen LogP) is 1.11. The molecular formula is C16H20N4O4. The summed E-state index contributed by atoms with van der Waals surface area (Å²) in [4.78, 5) is 24.0. The van der Waals surface area contributed by atoms with Crippen LogP contribution in [0.1, 0.15) is 16.2 Å². The second-order valence-electron chi connectivity index (χ2n) is 5.10. The van der Waals surface area contributed by atoms with Gasteiger partial charge in [-0.2, -0.15) is 5.10 Å².